The Morgan fingerprint density at radius 2 is 1.93 bits per heavy atom. The van der Waals surface area contributed by atoms with Crippen LogP contribution in [0.1, 0.15) is 44.6 Å². The molecule has 4 atom stereocenters. The van der Waals surface area contributed by atoms with E-state index in [1.165, 1.54) is 12.8 Å². The van der Waals surface area contributed by atoms with Crippen molar-refractivity contribution >= 4 is 35.2 Å². The summed E-state index contributed by atoms with van der Waals surface area (Å²) in [7, 11) is 0. The van der Waals surface area contributed by atoms with Crippen LogP contribution in [0.5, 0.6) is 0 Å². The van der Waals surface area contributed by atoms with Crippen molar-refractivity contribution in [2.75, 3.05) is 13.1 Å². The van der Waals surface area contributed by atoms with E-state index >= 15 is 0 Å². The lowest BCUT2D eigenvalue weighted by Crippen LogP contribution is -2.41. The van der Waals surface area contributed by atoms with Gasteiger partial charge in [0.05, 0.1) is 0 Å². The lowest BCUT2D eigenvalue weighted by Gasteiger charge is -2.45. The Morgan fingerprint density at radius 3 is 2.54 bits per heavy atom. The molecule has 2 amide bonds. The Morgan fingerprint density at radius 1 is 1.25 bits per heavy atom. The van der Waals surface area contributed by atoms with Crippen LogP contribution in [0.2, 0.25) is 10.0 Å². The topological polar surface area (TPSA) is 78.4 Å². The largest absolute Gasteiger partial charge is 0.481 e. The predicted octanol–water partition coefficient (Wildman–Crippen LogP) is 4.84. The third kappa shape index (κ3) is 4.15. The van der Waals surface area contributed by atoms with Crippen molar-refractivity contribution < 1.29 is 14.7 Å². The number of rotatable bonds is 7. The number of aliphatic carboxylic acids is 1. The summed E-state index contributed by atoms with van der Waals surface area (Å²) in [6, 6.07) is 4.44. The Labute approximate surface area is 175 Å². The number of fused-ring (bicyclic) bond motifs is 1. The molecule has 4 unspecified atom stereocenters. The highest BCUT2D eigenvalue weighted by Gasteiger charge is 2.49. The van der Waals surface area contributed by atoms with Gasteiger partial charge in [0.25, 0.3) is 0 Å². The molecule has 0 saturated heterocycles. The maximum absolute atomic E-state index is 12.2. The normalized spacial score (nSPS) is 26.6. The molecule has 1 saturated carbocycles. The van der Waals surface area contributed by atoms with Crippen LogP contribution in [0.4, 0.5) is 4.79 Å². The fourth-order valence-corrected chi connectivity index (χ4v) is 5.36. The molecule has 2 aliphatic carbocycles. The summed E-state index contributed by atoms with van der Waals surface area (Å²) >= 11 is 12.2. The number of nitrogens with one attached hydrogen (secondary N) is 2. The number of amides is 2. The minimum absolute atomic E-state index is 0.0913. The van der Waals surface area contributed by atoms with Gasteiger partial charge in [0, 0.05) is 28.7 Å². The molecular weight excluding hydrogens is 399 g/mol. The molecule has 28 heavy (non-hydrogen) atoms. The predicted molar refractivity (Wildman–Crippen MR) is 111 cm³/mol. The quantitative estimate of drug-likeness (QED) is 0.547. The summed E-state index contributed by atoms with van der Waals surface area (Å²) in [4.78, 5) is 23.9. The highest BCUT2D eigenvalue weighted by Crippen LogP contribution is 2.59. The van der Waals surface area contributed by atoms with Crippen molar-refractivity contribution in [2.45, 2.75) is 39.0 Å². The number of carbonyl (C=O) groups excluding carboxylic acids is 1. The van der Waals surface area contributed by atoms with Crippen LogP contribution in [0, 0.1) is 17.3 Å². The van der Waals surface area contributed by atoms with Crippen LogP contribution < -0.4 is 10.6 Å². The van der Waals surface area contributed by atoms with E-state index in [9.17, 15) is 14.7 Å². The van der Waals surface area contributed by atoms with Crippen molar-refractivity contribution in [1.82, 2.24) is 10.6 Å². The molecule has 1 fully saturated rings. The molecule has 3 rings (SSSR count). The SMILES string of the molecule is CCC1CC2(C)CC(CNC(=O)NCC(C(=O)O)c3c(Cl)cccc3Cl)C=C12. The van der Waals surface area contributed by atoms with Gasteiger partial charge in [-0.3, -0.25) is 4.79 Å². The molecule has 0 aliphatic heterocycles. The highest BCUT2D eigenvalue weighted by molar-refractivity contribution is 6.36. The Bertz CT molecular complexity index is 791. The van der Waals surface area contributed by atoms with Gasteiger partial charge in [-0.2, -0.15) is 0 Å². The minimum atomic E-state index is -1.09. The highest BCUT2D eigenvalue weighted by atomic mass is 35.5. The fraction of sp³-hybridized carbons (Fsp3) is 0.524. The zero-order valence-electron chi connectivity index (χ0n) is 16.1. The first kappa shape index (κ1) is 21.0. The standard InChI is InChI=1S/C21H26Cl2N2O3/c1-3-13-9-21(2)8-12(7-15(13)21)10-24-20(28)25-11-14(19(26)27)18-16(22)5-4-6-17(18)23/h4-7,12-14H,3,8-11H2,1-2H3,(H,26,27)(H2,24,25,28). The molecule has 2 aliphatic rings. The lowest BCUT2D eigenvalue weighted by atomic mass is 9.59. The van der Waals surface area contributed by atoms with Crippen molar-refractivity contribution in [2.24, 2.45) is 17.3 Å². The van der Waals surface area contributed by atoms with Crippen LogP contribution in [-0.4, -0.2) is 30.2 Å². The second kappa shape index (κ2) is 8.34. The molecule has 1 aromatic rings. The first-order valence-electron chi connectivity index (χ1n) is 9.65. The zero-order valence-corrected chi connectivity index (χ0v) is 17.6. The van der Waals surface area contributed by atoms with Crippen LogP contribution in [0.25, 0.3) is 0 Å². The summed E-state index contributed by atoms with van der Waals surface area (Å²) < 4.78 is 0. The number of urea groups is 1. The van der Waals surface area contributed by atoms with Crippen LogP contribution in [0.15, 0.2) is 29.8 Å². The van der Waals surface area contributed by atoms with Crippen LogP contribution in [0.3, 0.4) is 0 Å². The third-order valence-electron chi connectivity index (χ3n) is 6.09. The van der Waals surface area contributed by atoms with E-state index in [0.717, 1.165) is 6.42 Å². The monoisotopic (exact) mass is 424 g/mol. The fourth-order valence-electron chi connectivity index (χ4n) is 4.70. The van der Waals surface area contributed by atoms with Gasteiger partial charge >= 0.3 is 12.0 Å². The van der Waals surface area contributed by atoms with Gasteiger partial charge in [-0.05, 0) is 48.6 Å². The minimum Gasteiger partial charge on any atom is -0.481 e. The van der Waals surface area contributed by atoms with E-state index in [1.807, 2.05) is 0 Å². The Hall–Kier alpha value is -1.72. The maximum atomic E-state index is 12.2. The number of carboxylic acid groups (broad SMARTS) is 1. The van der Waals surface area contributed by atoms with Gasteiger partial charge in [0.15, 0.2) is 0 Å². The van der Waals surface area contributed by atoms with E-state index in [4.69, 9.17) is 23.2 Å². The van der Waals surface area contributed by atoms with Gasteiger partial charge < -0.3 is 15.7 Å². The molecule has 0 spiro atoms. The summed E-state index contributed by atoms with van der Waals surface area (Å²) in [5.74, 6) is -1.08. The molecule has 0 bridgehead atoms. The van der Waals surface area contributed by atoms with Gasteiger partial charge in [-0.1, -0.05) is 54.8 Å². The van der Waals surface area contributed by atoms with E-state index in [2.05, 4.69) is 30.6 Å². The van der Waals surface area contributed by atoms with E-state index in [1.54, 1.807) is 23.8 Å². The van der Waals surface area contributed by atoms with E-state index in [-0.39, 0.29) is 22.6 Å². The van der Waals surface area contributed by atoms with Gasteiger partial charge in [0.1, 0.15) is 5.92 Å². The van der Waals surface area contributed by atoms with Crippen LogP contribution >= 0.6 is 23.2 Å². The van der Waals surface area contributed by atoms with Crippen molar-refractivity contribution in [3.05, 3.63) is 45.5 Å². The summed E-state index contributed by atoms with van der Waals surface area (Å²) in [5, 5.41) is 15.6. The van der Waals surface area contributed by atoms with E-state index in [0.29, 0.717) is 29.4 Å². The number of allylic oxidation sites excluding steroid dienone is 1. The van der Waals surface area contributed by atoms with Gasteiger partial charge in [-0.15, -0.1) is 0 Å². The first-order chi connectivity index (χ1) is 13.2. The molecular formula is C21H26Cl2N2O3. The molecule has 5 nitrogen and oxygen atoms in total. The number of hydrogen-bond donors (Lipinski definition) is 3. The maximum Gasteiger partial charge on any atom is 0.314 e. The Balaban J connectivity index is 1.53. The Kier molecular flexibility index (Phi) is 6.25. The molecule has 3 N–H and O–H groups in total. The zero-order chi connectivity index (χ0) is 20.5. The number of benzene rings is 1. The molecule has 152 valence electrons. The second-order valence-corrected chi connectivity index (χ2v) is 8.89. The van der Waals surface area contributed by atoms with Crippen molar-refractivity contribution in [1.29, 1.82) is 0 Å². The molecule has 0 heterocycles. The number of hydrogen-bond acceptors (Lipinski definition) is 2. The number of halogens is 2. The summed E-state index contributed by atoms with van der Waals surface area (Å²) in [6.07, 6.45) is 5.79. The summed E-state index contributed by atoms with van der Waals surface area (Å²) in [6.45, 7) is 4.97. The number of carboxylic acids is 1. The van der Waals surface area contributed by atoms with E-state index < -0.39 is 11.9 Å². The molecule has 0 radical (unpaired) electrons. The average molecular weight is 425 g/mol. The smallest absolute Gasteiger partial charge is 0.314 e. The van der Waals surface area contributed by atoms with Gasteiger partial charge in [0.2, 0.25) is 0 Å². The average Bonchev–Trinajstić information content (AvgIpc) is 2.88. The molecule has 0 aromatic heterocycles. The molecule has 1 aromatic carbocycles. The second-order valence-electron chi connectivity index (χ2n) is 8.07. The third-order valence-corrected chi connectivity index (χ3v) is 6.75. The van der Waals surface area contributed by atoms with Gasteiger partial charge in [-0.25, -0.2) is 4.79 Å². The first-order valence-corrected chi connectivity index (χ1v) is 10.4. The lowest BCUT2D eigenvalue weighted by molar-refractivity contribution is -0.138. The van der Waals surface area contributed by atoms with Crippen molar-refractivity contribution in [3.63, 3.8) is 0 Å². The van der Waals surface area contributed by atoms with Crippen LogP contribution in [-0.2, 0) is 4.79 Å². The molecule has 7 heteroatoms. The summed E-state index contributed by atoms with van der Waals surface area (Å²) in [5.41, 5.74) is 2.16. The number of carbonyl (C=O) groups is 2. The van der Waals surface area contributed by atoms with Crippen molar-refractivity contribution in [3.8, 4) is 0 Å².